The minimum absolute atomic E-state index is 0.0529. The Kier molecular flexibility index (Phi) is 8.16. The number of piperidine rings is 1. The molecule has 7 nitrogen and oxygen atoms in total. The Morgan fingerprint density at radius 3 is 2.22 bits per heavy atom. The van der Waals surface area contributed by atoms with Crippen LogP contribution >= 0.6 is 23.2 Å². The van der Waals surface area contributed by atoms with Crippen LogP contribution in [0.3, 0.4) is 0 Å². The minimum atomic E-state index is -3.88. The molecule has 3 rings (SSSR count). The van der Waals surface area contributed by atoms with Gasteiger partial charge in [-0.15, -0.1) is 0 Å². The van der Waals surface area contributed by atoms with Gasteiger partial charge in [-0.1, -0.05) is 59.6 Å². The molecule has 1 fully saturated rings. The molecule has 0 aliphatic carbocycles. The Balaban J connectivity index is 1.50. The van der Waals surface area contributed by atoms with Gasteiger partial charge in [0.15, 0.2) is 6.61 Å². The number of benzene rings is 2. The molecule has 0 atom stereocenters. The van der Waals surface area contributed by atoms with Crippen molar-refractivity contribution in [2.24, 2.45) is 5.92 Å². The van der Waals surface area contributed by atoms with Gasteiger partial charge in [-0.05, 0) is 30.5 Å². The monoisotopic (exact) mass is 498 g/mol. The first-order valence-corrected chi connectivity index (χ1v) is 12.3. The van der Waals surface area contributed by atoms with Crippen molar-refractivity contribution >= 4 is 45.1 Å². The number of amides is 1. The van der Waals surface area contributed by atoms with Crippen molar-refractivity contribution in [3.63, 3.8) is 0 Å². The lowest BCUT2D eigenvalue weighted by atomic mass is 9.98. The zero-order valence-electron chi connectivity index (χ0n) is 17.5. The van der Waals surface area contributed by atoms with E-state index in [-0.39, 0.29) is 53.4 Å². The van der Waals surface area contributed by atoms with Crippen molar-refractivity contribution in [2.45, 2.75) is 24.3 Å². The van der Waals surface area contributed by atoms with E-state index in [0.717, 1.165) is 5.56 Å². The third-order valence-electron chi connectivity index (χ3n) is 5.33. The third kappa shape index (κ3) is 5.81. The molecule has 2 aromatic carbocycles. The van der Waals surface area contributed by atoms with E-state index in [4.69, 9.17) is 27.9 Å². The molecule has 1 amide bonds. The van der Waals surface area contributed by atoms with Crippen molar-refractivity contribution in [1.29, 1.82) is 0 Å². The van der Waals surface area contributed by atoms with Crippen molar-refractivity contribution in [3.05, 3.63) is 64.1 Å². The molecule has 2 aromatic rings. The van der Waals surface area contributed by atoms with Crippen LogP contribution in [0, 0.1) is 5.92 Å². The van der Waals surface area contributed by atoms with E-state index in [0.29, 0.717) is 6.54 Å². The normalized spacial score (nSPS) is 15.3. The predicted molar refractivity (Wildman–Crippen MR) is 122 cm³/mol. The molecule has 0 aromatic heterocycles. The Hall–Kier alpha value is -2.13. The highest BCUT2D eigenvalue weighted by atomic mass is 35.5. The fraction of sp³-hybridized carbons (Fsp3) is 0.364. The third-order valence-corrected chi connectivity index (χ3v) is 8.19. The number of likely N-dealkylation sites (N-methyl/N-ethyl adjacent to an activating group) is 1. The van der Waals surface area contributed by atoms with E-state index in [1.54, 1.807) is 13.1 Å². The van der Waals surface area contributed by atoms with Gasteiger partial charge in [-0.2, -0.15) is 4.31 Å². The highest BCUT2D eigenvalue weighted by molar-refractivity contribution is 7.89. The highest BCUT2D eigenvalue weighted by Gasteiger charge is 2.35. The Morgan fingerprint density at radius 2 is 1.62 bits per heavy atom. The van der Waals surface area contributed by atoms with Crippen LogP contribution in [-0.4, -0.2) is 56.2 Å². The van der Waals surface area contributed by atoms with E-state index in [9.17, 15) is 18.0 Å². The second-order valence-electron chi connectivity index (χ2n) is 7.57. The van der Waals surface area contributed by atoms with Crippen molar-refractivity contribution in [2.75, 3.05) is 26.7 Å². The summed E-state index contributed by atoms with van der Waals surface area (Å²) >= 11 is 12.1. The summed E-state index contributed by atoms with van der Waals surface area (Å²) in [6.45, 7) is 0.324. The quantitative estimate of drug-likeness (QED) is 0.544. The molecule has 0 spiro atoms. The number of halogens is 2. The molecule has 0 unspecified atom stereocenters. The van der Waals surface area contributed by atoms with Crippen LogP contribution in [-0.2, 0) is 30.9 Å². The van der Waals surface area contributed by atoms with Gasteiger partial charge in [-0.25, -0.2) is 8.42 Å². The van der Waals surface area contributed by atoms with Crippen LogP contribution < -0.4 is 0 Å². The lowest BCUT2D eigenvalue weighted by molar-refractivity contribution is -0.156. The minimum Gasteiger partial charge on any atom is -0.455 e. The molecule has 1 aliphatic heterocycles. The molecule has 1 heterocycles. The van der Waals surface area contributed by atoms with E-state index >= 15 is 0 Å². The van der Waals surface area contributed by atoms with Gasteiger partial charge in [-0.3, -0.25) is 9.59 Å². The predicted octanol–water partition coefficient (Wildman–Crippen LogP) is 3.60. The summed E-state index contributed by atoms with van der Waals surface area (Å²) in [5.41, 5.74) is 0.974. The SMILES string of the molecule is CN(Cc1ccccc1)C(=O)COC(=O)C1CCN(S(=O)(=O)c2c(Cl)cccc2Cl)CC1. The standard InChI is InChI=1S/C22H24Cl2N2O5S/c1-25(14-16-6-3-2-4-7-16)20(27)15-31-22(28)17-10-12-26(13-11-17)32(29,30)21-18(23)8-5-9-19(21)24/h2-9,17H,10-15H2,1H3. The average Bonchev–Trinajstić information content (AvgIpc) is 2.77. The molecule has 10 heteroatoms. The molecule has 1 saturated heterocycles. The van der Waals surface area contributed by atoms with Gasteiger partial charge in [0.25, 0.3) is 5.91 Å². The second-order valence-corrected chi connectivity index (χ2v) is 10.3. The topological polar surface area (TPSA) is 84.0 Å². The van der Waals surface area contributed by atoms with Gasteiger partial charge >= 0.3 is 5.97 Å². The summed E-state index contributed by atoms with van der Waals surface area (Å²) in [7, 11) is -2.24. The zero-order valence-corrected chi connectivity index (χ0v) is 19.9. The van der Waals surface area contributed by atoms with Crippen molar-refractivity contribution in [1.82, 2.24) is 9.21 Å². The molecule has 172 valence electrons. The molecule has 0 N–H and O–H groups in total. The van der Waals surface area contributed by atoms with Gasteiger partial charge in [0.2, 0.25) is 10.0 Å². The maximum Gasteiger partial charge on any atom is 0.309 e. The van der Waals surface area contributed by atoms with Gasteiger partial charge in [0, 0.05) is 26.7 Å². The Labute approximate surface area is 197 Å². The maximum absolute atomic E-state index is 12.9. The van der Waals surface area contributed by atoms with Gasteiger partial charge < -0.3 is 9.64 Å². The number of carbonyl (C=O) groups is 2. The highest BCUT2D eigenvalue weighted by Crippen LogP contribution is 2.33. The summed E-state index contributed by atoms with van der Waals surface area (Å²) in [4.78, 5) is 26.1. The molecular formula is C22H24Cl2N2O5S. The first kappa shape index (κ1) is 24.5. The molecule has 0 radical (unpaired) electrons. The maximum atomic E-state index is 12.9. The van der Waals surface area contributed by atoms with E-state index < -0.39 is 21.9 Å². The summed E-state index contributed by atoms with van der Waals surface area (Å²) in [5.74, 6) is -1.29. The van der Waals surface area contributed by atoms with Crippen LogP contribution in [0.2, 0.25) is 10.0 Å². The number of ether oxygens (including phenoxy) is 1. The van der Waals surface area contributed by atoms with Crippen LogP contribution in [0.5, 0.6) is 0 Å². The molecule has 0 saturated carbocycles. The number of rotatable bonds is 7. The average molecular weight is 499 g/mol. The summed E-state index contributed by atoms with van der Waals surface area (Å²) in [5, 5.41) is 0.106. The van der Waals surface area contributed by atoms with Crippen molar-refractivity contribution in [3.8, 4) is 0 Å². The molecule has 32 heavy (non-hydrogen) atoms. The fourth-order valence-corrected chi connectivity index (χ4v) is 6.06. The van der Waals surface area contributed by atoms with Crippen LogP contribution in [0.4, 0.5) is 0 Å². The second kappa shape index (κ2) is 10.7. The smallest absolute Gasteiger partial charge is 0.309 e. The summed E-state index contributed by atoms with van der Waals surface area (Å²) < 4.78 is 32.3. The van der Waals surface area contributed by atoms with Crippen molar-refractivity contribution < 1.29 is 22.7 Å². The summed E-state index contributed by atoms with van der Waals surface area (Å²) in [6.07, 6.45) is 0.572. The first-order valence-electron chi connectivity index (χ1n) is 10.1. The number of hydrogen-bond donors (Lipinski definition) is 0. The van der Waals surface area contributed by atoms with E-state index in [1.165, 1.54) is 21.3 Å². The van der Waals surface area contributed by atoms with Crippen LogP contribution in [0.1, 0.15) is 18.4 Å². The molecular weight excluding hydrogens is 475 g/mol. The zero-order chi connectivity index (χ0) is 23.3. The number of nitrogens with zero attached hydrogens (tertiary/aromatic N) is 2. The number of sulfonamides is 1. The molecule has 1 aliphatic rings. The lowest BCUT2D eigenvalue weighted by Gasteiger charge is -2.30. The van der Waals surface area contributed by atoms with Gasteiger partial charge in [0.05, 0.1) is 16.0 Å². The fourth-order valence-electron chi connectivity index (χ4n) is 3.50. The lowest BCUT2D eigenvalue weighted by Crippen LogP contribution is -2.41. The number of esters is 1. The van der Waals surface area contributed by atoms with Crippen LogP contribution in [0.25, 0.3) is 0 Å². The first-order chi connectivity index (χ1) is 15.2. The molecule has 0 bridgehead atoms. The van der Waals surface area contributed by atoms with Crippen LogP contribution in [0.15, 0.2) is 53.4 Å². The largest absolute Gasteiger partial charge is 0.455 e. The Morgan fingerprint density at radius 1 is 1.03 bits per heavy atom. The summed E-state index contributed by atoms with van der Waals surface area (Å²) in [6, 6.07) is 14.0. The van der Waals surface area contributed by atoms with E-state index in [1.807, 2.05) is 30.3 Å². The number of carbonyl (C=O) groups excluding carboxylic acids is 2. The Bertz CT molecular complexity index is 1050. The van der Waals surface area contributed by atoms with E-state index in [2.05, 4.69) is 0 Å². The van der Waals surface area contributed by atoms with Gasteiger partial charge in [0.1, 0.15) is 4.90 Å². The number of hydrogen-bond acceptors (Lipinski definition) is 5.